The van der Waals surface area contributed by atoms with Gasteiger partial charge in [-0.15, -0.1) is 0 Å². The van der Waals surface area contributed by atoms with Crippen LogP contribution >= 0.6 is 34.5 Å². The Kier molecular flexibility index (Phi) is 4.98. The molecule has 0 bridgehead atoms. The summed E-state index contributed by atoms with van der Waals surface area (Å²) in [5.41, 5.74) is 1.01. The standard InChI is InChI=1S/C16H9Cl2N3O3S/c17-10-3-5-12-14(8-10)25-16(19-12)20-15(22)6-2-9-1-4-11(18)13(7-9)21(23)24/h1-8H,(H,19,20,22)/b6-2+. The molecule has 0 saturated carbocycles. The molecule has 0 fully saturated rings. The van der Waals surface area contributed by atoms with E-state index in [1.807, 2.05) is 0 Å². The fraction of sp³-hybridized carbons (Fsp3) is 0. The normalized spacial score (nSPS) is 11.1. The van der Waals surface area contributed by atoms with Gasteiger partial charge < -0.3 is 0 Å². The quantitative estimate of drug-likeness (QED) is 0.376. The Morgan fingerprint density at radius 3 is 2.80 bits per heavy atom. The first-order valence-electron chi connectivity index (χ1n) is 6.91. The number of nitrogens with one attached hydrogen (secondary N) is 1. The molecular formula is C16H9Cl2N3O3S. The first kappa shape index (κ1) is 17.3. The smallest absolute Gasteiger partial charge is 0.288 e. The molecule has 0 aliphatic rings. The molecule has 3 rings (SSSR count). The highest BCUT2D eigenvalue weighted by molar-refractivity contribution is 7.22. The number of aromatic nitrogens is 1. The minimum atomic E-state index is -0.577. The lowest BCUT2D eigenvalue weighted by atomic mass is 10.2. The Hall–Kier alpha value is -2.48. The maximum absolute atomic E-state index is 12.0. The van der Waals surface area contributed by atoms with Crippen molar-refractivity contribution < 1.29 is 9.72 Å². The molecule has 0 saturated heterocycles. The molecule has 1 amide bonds. The zero-order valence-corrected chi connectivity index (χ0v) is 14.7. The minimum absolute atomic E-state index is 0.0414. The molecule has 2 aromatic carbocycles. The second-order valence-electron chi connectivity index (χ2n) is 4.92. The van der Waals surface area contributed by atoms with Crippen LogP contribution < -0.4 is 5.32 Å². The number of nitro groups is 1. The number of nitrogens with zero attached hydrogens (tertiary/aromatic N) is 2. The maximum atomic E-state index is 12.0. The van der Waals surface area contributed by atoms with Gasteiger partial charge in [-0.05, 0) is 35.9 Å². The van der Waals surface area contributed by atoms with Gasteiger partial charge in [0.2, 0.25) is 5.91 Å². The molecule has 1 aromatic heterocycles. The number of rotatable bonds is 4. The molecule has 1 heterocycles. The van der Waals surface area contributed by atoms with Crippen LogP contribution in [-0.4, -0.2) is 15.8 Å². The van der Waals surface area contributed by atoms with Gasteiger partial charge >= 0.3 is 0 Å². The summed E-state index contributed by atoms with van der Waals surface area (Å²) in [7, 11) is 0. The van der Waals surface area contributed by atoms with E-state index >= 15 is 0 Å². The van der Waals surface area contributed by atoms with E-state index in [4.69, 9.17) is 23.2 Å². The Labute approximate surface area is 155 Å². The fourth-order valence-corrected chi connectivity index (χ4v) is 3.38. The van der Waals surface area contributed by atoms with Crippen molar-refractivity contribution in [3.05, 3.63) is 68.2 Å². The van der Waals surface area contributed by atoms with Gasteiger partial charge in [-0.1, -0.05) is 40.6 Å². The van der Waals surface area contributed by atoms with Crippen LogP contribution in [0.15, 0.2) is 42.5 Å². The minimum Gasteiger partial charge on any atom is -0.298 e. The highest BCUT2D eigenvalue weighted by Crippen LogP contribution is 2.28. The molecule has 0 aliphatic carbocycles. The van der Waals surface area contributed by atoms with Gasteiger partial charge in [0.1, 0.15) is 5.02 Å². The first-order valence-corrected chi connectivity index (χ1v) is 8.49. The number of anilines is 1. The summed E-state index contributed by atoms with van der Waals surface area (Å²) in [5.74, 6) is -0.400. The number of amides is 1. The van der Waals surface area contributed by atoms with Crippen LogP contribution in [0, 0.1) is 10.1 Å². The number of benzene rings is 2. The molecular weight excluding hydrogens is 385 g/mol. The molecule has 126 valence electrons. The van der Waals surface area contributed by atoms with Crippen LogP contribution in [0.1, 0.15) is 5.56 Å². The molecule has 3 aromatic rings. The molecule has 0 unspecified atom stereocenters. The number of hydrogen-bond acceptors (Lipinski definition) is 5. The van der Waals surface area contributed by atoms with E-state index in [2.05, 4.69) is 10.3 Å². The summed E-state index contributed by atoms with van der Waals surface area (Å²) in [5, 5.41) is 14.6. The summed E-state index contributed by atoms with van der Waals surface area (Å²) in [4.78, 5) is 26.6. The topological polar surface area (TPSA) is 85.1 Å². The molecule has 0 spiro atoms. The van der Waals surface area contributed by atoms with Crippen molar-refractivity contribution in [3.63, 3.8) is 0 Å². The Morgan fingerprint density at radius 1 is 1.24 bits per heavy atom. The van der Waals surface area contributed by atoms with Gasteiger partial charge in [0, 0.05) is 17.2 Å². The SMILES string of the molecule is O=C(/C=C/c1ccc(Cl)c([N+](=O)[O-])c1)Nc1nc2ccc(Cl)cc2s1. The van der Waals surface area contributed by atoms with E-state index in [9.17, 15) is 14.9 Å². The zero-order valence-electron chi connectivity index (χ0n) is 12.4. The van der Waals surface area contributed by atoms with E-state index < -0.39 is 10.8 Å². The van der Waals surface area contributed by atoms with Crippen molar-refractivity contribution in [1.82, 2.24) is 4.98 Å². The number of nitro benzene ring substituents is 1. The number of hydrogen-bond donors (Lipinski definition) is 1. The van der Waals surface area contributed by atoms with Crippen LogP contribution in [0.25, 0.3) is 16.3 Å². The lowest BCUT2D eigenvalue weighted by Gasteiger charge is -1.98. The van der Waals surface area contributed by atoms with Gasteiger partial charge in [0.25, 0.3) is 5.69 Å². The van der Waals surface area contributed by atoms with Crippen LogP contribution in [0.3, 0.4) is 0 Å². The summed E-state index contributed by atoms with van der Waals surface area (Å²) in [6, 6.07) is 9.56. The summed E-state index contributed by atoms with van der Waals surface area (Å²) < 4.78 is 0.861. The second-order valence-corrected chi connectivity index (χ2v) is 6.80. The molecule has 0 radical (unpaired) electrons. The van der Waals surface area contributed by atoms with E-state index in [1.54, 1.807) is 24.3 Å². The van der Waals surface area contributed by atoms with Crippen LogP contribution in [0.2, 0.25) is 10.0 Å². The van der Waals surface area contributed by atoms with Crippen molar-refractivity contribution in [2.75, 3.05) is 5.32 Å². The van der Waals surface area contributed by atoms with E-state index in [1.165, 1.54) is 35.6 Å². The monoisotopic (exact) mass is 393 g/mol. The van der Waals surface area contributed by atoms with Crippen molar-refractivity contribution >= 4 is 67.6 Å². The van der Waals surface area contributed by atoms with E-state index in [-0.39, 0.29) is 10.7 Å². The average Bonchev–Trinajstić information content (AvgIpc) is 2.95. The zero-order chi connectivity index (χ0) is 18.0. The summed E-state index contributed by atoms with van der Waals surface area (Å²) in [6.07, 6.45) is 2.73. The average molecular weight is 394 g/mol. The van der Waals surface area contributed by atoms with Crippen molar-refractivity contribution in [3.8, 4) is 0 Å². The van der Waals surface area contributed by atoms with E-state index in [0.29, 0.717) is 15.7 Å². The van der Waals surface area contributed by atoms with Crippen LogP contribution in [0.4, 0.5) is 10.8 Å². The number of halogens is 2. The second kappa shape index (κ2) is 7.18. The van der Waals surface area contributed by atoms with Crippen molar-refractivity contribution in [2.24, 2.45) is 0 Å². The van der Waals surface area contributed by atoms with Crippen molar-refractivity contribution in [2.45, 2.75) is 0 Å². The van der Waals surface area contributed by atoms with Crippen LogP contribution in [0.5, 0.6) is 0 Å². The molecule has 6 nitrogen and oxygen atoms in total. The summed E-state index contributed by atoms with van der Waals surface area (Å²) in [6.45, 7) is 0. The Morgan fingerprint density at radius 2 is 2.04 bits per heavy atom. The lowest BCUT2D eigenvalue weighted by molar-refractivity contribution is -0.384. The fourth-order valence-electron chi connectivity index (χ4n) is 2.04. The number of carbonyl (C=O) groups is 1. The Bertz CT molecular complexity index is 1020. The highest BCUT2D eigenvalue weighted by atomic mass is 35.5. The van der Waals surface area contributed by atoms with Gasteiger partial charge in [-0.3, -0.25) is 20.2 Å². The van der Waals surface area contributed by atoms with Crippen molar-refractivity contribution in [1.29, 1.82) is 0 Å². The molecule has 0 aliphatic heterocycles. The third-order valence-electron chi connectivity index (χ3n) is 3.17. The lowest BCUT2D eigenvalue weighted by Crippen LogP contribution is -2.07. The molecule has 25 heavy (non-hydrogen) atoms. The molecule has 9 heteroatoms. The molecule has 0 atom stereocenters. The predicted molar refractivity (Wildman–Crippen MR) is 100 cm³/mol. The predicted octanol–water partition coefficient (Wildman–Crippen LogP) is 5.16. The van der Waals surface area contributed by atoms with Gasteiger partial charge in [0.05, 0.1) is 15.1 Å². The maximum Gasteiger partial charge on any atom is 0.288 e. The van der Waals surface area contributed by atoms with Crippen LogP contribution in [-0.2, 0) is 4.79 Å². The third kappa shape index (κ3) is 4.14. The van der Waals surface area contributed by atoms with Gasteiger partial charge in [-0.2, -0.15) is 0 Å². The molecule has 1 N–H and O–H groups in total. The highest BCUT2D eigenvalue weighted by Gasteiger charge is 2.12. The first-order chi connectivity index (χ1) is 11.9. The number of fused-ring (bicyclic) bond motifs is 1. The number of carbonyl (C=O) groups excluding carboxylic acids is 1. The van der Waals surface area contributed by atoms with Gasteiger partial charge in [-0.25, -0.2) is 4.98 Å². The number of thiazole rings is 1. The van der Waals surface area contributed by atoms with Gasteiger partial charge in [0.15, 0.2) is 5.13 Å². The van der Waals surface area contributed by atoms with E-state index in [0.717, 1.165) is 10.2 Å². The summed E-state index contributed by atoms with van der Waals surface area (Å²) >= 11 is 13.0. The Balaban J connectivity index is 1.74. The third-order valence-corrected chi connectivity index (χ3v) is 4.66. The largest absolute Gasteiger partial charge is 0.298 e.